The third-order valence-corrected chi connectivity index (χ3v) is 5.75. The van der Waals surface area contributed by atoms with Crippen molar-refractivity contribution in [1.29, 1.82) is 0 Å². The summed E-state index contributed by atoms with van der Waals surface area (Å²) in [4.78, 5) is 14.7. The lowest BCUT2D eigenvalue weighted by molar-refractivity contribution is -0.133. The van der Waals surface area contributed by atoms with Gasteiger partial charge in [0.25, 0.3) is 0 Å². The fourth-order valence-electron chi connectivity index (χ4n) is 4.12. The highest BCUT2D eigenvalue weighted by atomic mass is 16.2. The van der Waals surface area contributed by atoms with Gasteiger partial charge >= 0.3 is 0 Å². The molecule has 2 heterocycles. The Balaban J connectivity index is 1.46. The first kappa shape index (κ1) is 16.5. The number of benzene rings is 1. The molecular weight excluding hydrogens is 284 g/mol. The molecule has 0 aliphatic carbocycles. The molecule has 3 rings (SSSR count). The van der Waals surface area contributed by atoms with E-state index in [9.17, 15) is 4.79 Å². The molecule has 0 spiro atoms. The van der Waals surface area contributed by atoms with E-state index in [2.05, 4.69) is 47.5 Å². The number of rotatable bonds is 4. The molecule has 2 saturated heterocycles. The highest BCUT2D eigenvalue weighted by molar-refractivity contribution is 5.76. The number of amides is 1. The van der Waals surface area contributed by atoms with Crippen molar-refractivity contribution in [2.45, 2.75) is 44.9 Å². The molecule has 2 unspecified atom stereocenters. The van der Waals surface area contributed by atoms with Crippen molar-refractivity contribution in [2.24, 2.45) is 11.8 Å². The van der Waals surface area contributed by atoms with Crippen LogP contribution in [0.25, 0.3) is 0 Å². The monoisotopic (exact) mass is 314 g/mol. The van der Waals surface area contributed by atoms with Gasteiger partial charge in [-0.25, -0.2) is 0 Å². The molecule has 0 bridgehead atoms. The number of hydrogen-bond acceptors (Lipinski definition) is 2. The molecule has 126 valence electrons. The minimum Gasteiger partial charge on any atom is -0.343 e. The van der Waals surface area contributed by atoms with E-state index in [4.69, 9.17) is 0 Å². The topological polar surface area (TPSA) is 32.3 Å². The summed E-state index contributed by atoms with van der Waals surface area (Å²) in [5, 5.41) is 3.47. The maximum Gasteiger partial charge on any atom is 0.222 e. The molecule has 2 aliphatic rings. The van der Waals surface area contributed by atoms with E-state index in [1.165, 1.54) is 18.4 Å². The van der Waals surface area contributed by atoms with Crippen LogP contribution in [0.5, 0.6) is 0 Å². The van der Waals surface area contributed by atoms with E-state index in [0.717, 1.165) is 45.4 Å². The molecule has 1 N–H and O–H groups in total. The molecule has 3 heteroatoms. The molecule has 23 heavy (non-hydrogen) atoms. The zero-order valence-electron chi connectivity index (χ0n) is 14.3. The van der Waals surface area contributed by atoms with Gasteiger partial charge in [-0.15, -0.1) is 0 Å². The van der Waals surface area contributed by atoms with Crippen LogP contribution in [0.1, 0.15) is 50.5 Å². The van der Waals surface area contributed by atoms with Gasteiger partial charge in [0, 0.05) is 19.5 Å². The summed E-state index contributed by atoms with van der Waals surface area (Å²) in [5.74, 6) is 2.17. The number of piperidine rings is 2. The van der Waals surface area contributed by atoms with Crippen molar-refractivity contribution in [3.05, 3.63) is 35.9 Å². The molecule has 1 aromatic rings. The van der Waals surface area contributed by atoms with Gasteiger partial charge in [0.15, 0.2) is 0 Å². The van der Waals surface area contributed by atoms with E-state index in [1.807, 2.05) is 0 Å². The fraction of sp³-hybridized carbons (Fsp3) is 0.650. The lowest BCUT2D eigenvalue weighted by atomic mass is 9.84. The van der Waals surface area contributed by atoms with Gasteiger partial charge < -0.3 is 10.2 Å². The van der Waals surface area contributed by atoms with Crippen molar-refractivity contribution >= 4 is 5.91 Å². The van der Waals surface area contributed by atoms with E-state index in [0.29, 0.717) is 23.7 Å². The first-order valence-electron chi connectivity index (χ1n) is 9.27. The van der Waals surface area contributed by atoms with Gasteiger partial charge in [-0.3, -0.25) is 4.79 Å². The summed E-state index contributed by atoms with van der Waals surface area (Å²) in [6.07, 6.45) is 5.47. The van der Waals surface area contributed by atoms with E-state index in [-0.39, 0.29) is 0 Å². The predicted octanol–water partition coefficient (Wildman–Crippen LogP) is 3.42. The fourth-order valence-corrected chi connectivity index (χ4v) is 4.12. The molecule has 1 amide bonds. The van der Waals surface area contributed by atoms with Crippen LogP contribution < -0.4 is 5.32 Å². The van der Waals surface area contributed by atoms with Crippen LogP contribution in [0.2, 0.25) is 0 Å². The Kier molecular flexibility index (Phi) is 5.71. The van der Waals surface area contributed by atoms with Crippen molar-refractivity contribution in [1.82, 2.24) is 10.2 Å². The number of nitrogens with one attached hydrogen (secondary N) is 1. The Morgan fingerprint density at radius 1 is 1.22 bits per heavy atom. The van der Waals surface area contributed by atoms with Gasteiger partial charge in [-0.05, 0) is 62.1 Å². The maximum absolute atomic E-state index is 12.6. The zero-order valence-corrected chi connectivity index (χ0v) is 14.3. The first-order chi connectivity index (χ1) is 11.2. The van der Waals surface area contributed by atoms with Crippen molar-refractivity contribution in [3.63, 3.8) is 0 Å². The molecule has 1 aromatic carbocycles. The normalized spacial score (nSPS) is 24.4. The average molecular weight is 314 g/mol. The van der Waals surface area contributed by atoms with Crippen LogP contribution in [0, 0.1) is 11.8 Å². The highest BCUT2D eigenvalue weighted by Crippen LogP contribution is 2.29. The predicted molar refractivity (Wildman–Crippen MR) is 94.4 cm³/mol. The van der Waals surface area contributed by atoms with Crippen molar-refractivity contribution < 1.29 is 4.79 Å². The third kappa shape index (κ3) is 4.35. The third-order valence-electron chi connectivity index (χ3n) is 5.75. The molecule has 0 radical (unpaired) electrons. The van der Waals surface area contributed by atoms with Crippen molar-refractivity contribution in [2.75, 3.05) is 26.2 Å². The molecule has 2 aliphatic heterocycles. The van der Waals surface area contributed by atoms with Gasteiger partial charge in [-0.1, -0.05) is 37.3 Å². The highest BCUT2D eigenvalue weighted by Gasteiger charge is 2.27. The van der Waals surface area contributed by atoms with Crippen LogP contribution in [-0.4, -0.2) is 37.0 Å². The maximum atomic E-state index is 12.6. The number of carbonyl (C=O) groups excluding carboxylic acids is 1. The van der Waals surface area contributed by atoms with Gasteiger partial charge in [0.1, 0.15) is 0 Å². The van der Waals surface area contributed by atoms with Crippen LogP contribution in [0.4, 0.5) is 0 Å². The van der Waals surface area contributed by atoms with Gasteiger partial charge in [0.2, 0.25) is 5.91 Å². The summed E-state index contributed by atoms with van der Waals surface area (Å²) in [7, 11) is 0. The molecule has 0 aromatic heterocycles. The van der Waals surface area contributed by atoms with E-state index in [1.54, 1.807) is 0 Å². The quantitative estimate of drug-likeness (QED) is 0.923. The minimum atomic E-state index is 0.370. The molecule has 2 fully saturated rings. The number of hydrogen-bond donors (Lipinski definition) is 1. The molecule has 0 saturated carbocycles. The second kappa shape index (κ2) is 7.96. The lowest BCUT2D eigenvalue weighted by Crippen LogP contribution is -2.40. The van der Waals surface area contributed by atoms with Crippen LogP contribution in [-0.2, 0) is 4.79 Å². The second-order valence-corrected chi connectivity index (χ2v) is 7.35. The Bertz CT molecular complexity index is 488. The Labute approximate surface area is 140 Å². The van der Waals surface area contributed by atoms with Crippen LogP contribution in [0.15, 0.2) is 30.3 Å². The molecular formula is C20H30N2O. The van der Waals surface area contributed by atoms with Crippen molar-refractivity contribution in [3.8, 4) is 0 Å². The Hall–Kier alpha value is -1.35. The van der Waals surface area contributed by atoms with Crippen LogP contribution in [0.3, 0.4) is 0 Å². The first-order valence-corrected chi connectivity index (χ1v) is 9.27. The zero-order chi connectivity index (χ0) is 16.1. The van der Waals surface area contributed by atoms with Gasteiger partial charge in [0.05, 0.1) is 0 Å². The van der Waals surface area contributed by atoms with E-state index < -0.39 is 0 Å². The largest absolute Gasteiger partial charge is 0.343 e. The number of likely N-dealkylation sites (tertiary alicyclic amines) is 1. The van der Waals surface area contributed by atoms with E-state index >= 15 is 0 Å². The standard InChI is InChI=1S/C20H30N2O/c1-16(19-8-5-11-21-15-19)14-20(23)22-12-9-18(10-13-22)17-6-3-2-4-7-17/h2-4,6-7,16,18-19,21H,5,8-15H2,1H3. The smallest absolute Gasteiger partial charge is 0.222 e. The number of nitrogens with zero attached hydrogens (tertiary/aromatic N) is 1. The van der Waals surface area contributed by atoms with Crippen LogP contribution >= 0.6 is 0 Å². The SMILES string of the molecule is CC(CC(=O)N1CCC(c2ccccc2)CC1)C1CCCNC1. The second-order valence-electron chi connectivity index (χ2n) is 7.35. The summed E-state index contributed by atoms with van der Waals surface area (Å²) in [5.41, 5.74) is 1.43. The average Bonchev–Trinajstić information content (AvgIpc) is 2.63. The summed E-state index contributed by atoms with van der Waals surface area (Å²) in [6, 6.07) is 10.8. The summed E-state index contributed by atoms with van der Waals surface area (Å²) in [6.45, 7) is 6.34. The molecule has 3 nitrogen and oxygen atoms in total. The minimum absolute atomic E-state index is 0.370. The summed E-state index contributed by atoms with van der Waals surface area (Å²) >= 11 is 0. The Morgan fingerprint density at radius 3 is 2.61 bits per heavy atom. The summed E-state index contributed by atoms with van der Waals surface area (Å²) < 4.78 is 0. The van der Waals surface area contributed by atoms with Gasteiger partial charge in [-0.2, -0.15) is 0 Å². The lowest BCUT2D eigenvalue weighted by Gasteiger charge is -2.34. The molecule has 2 atom stereocenters. The Morgan fingerprint density at radius 2 is 1.96 bits per heavy atom. The number of carbonyl (C=O) groups is 1.